The van der Waals surface area contributed by atoms with Crippen LogP contribution in [-0.4, -0.2) is 19.5 Å². The minimum atomic E-state index is -0.421. The number of fused-ring (bicyclic) bond motifs is 2. The molecule has 97 valence electrons. The van der Waals surface area contributed by atoms with Gasteiger partial charge >= 0.3 is 5.97 Å². The first kappa shape index (κ1) is 13.0. The summed E-state index contributed by atoms with van der Waals surface area (Å²) in [7, 11) is 2.16. The number of carbonyl (C=O) groups is 1. The molecule has 0 amide bonds. The molecule has 1 aliphatic heterocycles. The van der Waals surface area contributed by atoms with Crippen molar-refractivity contribution in [2.24, 2.45) is 5.16 Å². The molecular weight excluding hydrogens is 269 g/mol. The Kier molecular flexibility index (Phi) is 3.61. The molecule has 0 aromatic heterocycles. The van der Waals surface area contributed by atoms with Crippen LogP contribution in [0.3, 0.4) is 0 Å². The van der Waals surface area contributed by atoms with Gasteiger partial charge in [-0.25, -0.2) is 4.79 Å². The Hall–Kier alpha value is -2.01. The average Bonchev–Trinajstić information content (AvgIpc) is 2.44. The molecule has 1 aliphatic rings. The van der Waals surface area contributed by atoms with Gasteiger partial charge in [-0.3, -0.25) is 0 Å². The molecule has 0 atom stereocenters. The molecule has 0 saturated heterocycles. The van der Waals surface area contributed by atoms with E-state index in [4.69, 9.17) is 0 Å². The van der Waals surface area contributed by atoms with Crippen LogP contribution >= 0.6 is 11.8 Å². The molecule has 20 heavy (non-hydrogen) atoms. The second kappa shape index (κ2) is 5.55. The molecule has 0 fully saturated rings. The molecule has 3 rings (SSSR count). The van der Waals surface area contributed by atoms with E-state index in [0.717, 1.165) is 11.0 Å². The second-order valence-electron chi connectivity index (χ2n) is 4.40. The van der Waals surface area contributed by atoms with Crippen LogP contribution in [0.25, 0.3) is 0 Å². The van der Waals surface area contributed by atoms with Crippen LogP contribution in [0.2, 0.25) is 0 Å². The predicted octanol–water partition coefficient (Wildman–Crippen LogP) is 1.70. The third kappa shape index (κ3) is 2.78. The van der Waals surface area contributed by atoms with Crippen molar-refractivity contribution in [3.63, 3.8) is 0 Å². The van der Waals surface area contributed by atoms with Crippen molar-refractivity contribution >= 4 is 42.2 Å². The first-order chi connectivity index (χ1) is 9.72. The van der Waals surface area contributed by atoms with E-state index < -0.39 is 5.97 Å². The van der Waals surface area contributed by atoms with Gasteiger partial charge in [-0.15, -0.1) is 0 Å². The van der Waals surface area contributed by atoms with E-state index >= 15 is 0 Å². The van der Waals surface area contributed by atoms with Gasteiger partial charge in [0.2, 0.25) is 0 Å². The van der Waals surface area contributed by atoms with E-state index in [9.17, 15) is 4.79 Å². The van der Waals surface area contributed by atoms with Crippen LogP contribution in [0.1, 0.15) is 12.5 Å². The quantitative estimate of drug-likeness (QED) is 0.310. The first-order valence-electron chi connectivity index (χ1n) is 6.19. The lowest BCUT2D eigenvalue weighted by Crippen LogP contribution is -2.33. The molecule has 0 spiro atoms. The maximum atomic E-state index is 10.7. The highest BCUT2D eigenvalue weighted by Crippen LogP contribution is 2.27. The summed E-state index contributed by atoms with van der Waals surface area (Å²) < 4.78 is 0. The zero-order valence-corrected chi connectivity index (χ0v) is 11.7. The average molecular weight is 280 g/mol. The van der Waals surface area contributed by atoms with Crippen LogP contribution in [0.15, 0.2) is 57.4 Å². The molecular formula is C15H11BNO2S. The number of oxime groups is 1. The van der Waals surface area contributed by atoms with Gasteiger partial charge in [0.05, 0.1) is 6.21 Å². The molecule has 2 aromatic rings. The van der Waals surface area contributed by atoms with Crippen LogP contribution in [-0.2, 0) is 9.63 Å². The van der Waals surface area contributed by atoms with Gasteiger partial charge in [0.1, 0.15) is 0 Å². The number of benzene rings is 2. The monoisotopic (exact) mass is 280 g/mol. The molecule has 0 N–H and O–H groups in total. The normalized spacial score (nSPS) is 12.4. The highest BCUT2D eigenvalue weighted by Gasteiger charge is 2.16. The lowest BCUT2D eigenvalue weighted by Gasteiger charge is -2.18. The summed E-state index contributed by atoms with van der Waals surface area (Å²) in [5.41, 5.74) is 3.28. The molecule has 0 unspecified atom stereocenters. The third-order valence-corrected chi connectivity index (χ3v) is 4.05. The summed E-state index contributed by atoms with van der Waals surface area (Å²) in [5.74, 6) is -0.421. The predicted molar refractivity (Wildman–Crippen MR) is 81.4 cm³/mol. The van der Waals surface area contributed by atoms with Crippen LogP contribution in [0.4, 0.5) is 0 Å². The SMILES string of the molecule is CC(=O)ON=Cc1ccc2c(c1)[B]c1ccccc1S2. The summed E-state index contributed by atoms with van der Waals surface area (Å²) >= 11 is 1.76. The van der Waals surface area contributed by atoms with Gasteiger partial charge in [0.15, 0.2) is 7.28 Å². The lowest BCUT2D eigenvalue weighted by molar-refractivity contribution is -0.140. The highest BCUT2D eigenvalue weighted by molar-refractivity contribution is 8.00. The van der Waals surface area contributed by atoms with Crippen LogP contribution < -0.4 is 10.9 Å². The van der Waals surface area contributed by atoms with E-state index in [0.29, 0.717) is 0 Å². The molecule has 5 heteroatoms. The minimum absolute atomic E-state index is 0.421. The second-order valence-corrected chi connectivity index (χ2v) is 5.48. The van der Waals surface area contributed by atoms with E-state index in [-0.39, 0.29) is 0 Å². The van der Waals surface area contributed by atoms with Crippen molar-refractivity contribution < 1.29 is 9.63 Å². The molecule has 3 nitrogen and oxygen atoms in total. The molecule has 0 bridgehead atoms. The summed E-state index contributed by atoms with van der Waals surface area (Å²) in [6.45, 7) is 1.32. The lowest BCUT2D eigenvalue weighted by atomic mass is 9.63. The summed E-state index contributed by atoms with van der Waals surface area (Å²) in [6, 6.07) is 14.4. The summed E-state index contributed by atoms with van der Waals surface area (Å²) in [5, 5.41) is 3.64. The fourth-order valence-electron chi connectivity index (χ4n) is 1.99. The Morgan fingerprint density at radius 2 is 2.00 bits per heavy atom. The van der Waals surface area contributed by atoms with Crippen molar-refractivity contribution in [2.45, 2.75) is 16.7 Å². The van der Waals surface area contributed by atoms with Crippen LogP contribution in [0.5, 0.6) is 0 Å². The zero-order chi connectivity index (χ0) is 13.9. The van der Waals surface area contributed by atoms with E-state index in [1.165, 1.54) is 22.2 Å². The Morgan fingerprint density at radius 3 is 2.85 bits per heavy atom. The molecule has 1 radical (unpaired) electrons. The Labute approximate surface area is 122 Å². The topological polar surface area (TPSA) is 38.7 Å². The fraction of sp³-hybridized carbons (Fsp3) is 0.0667. The number of hydrogen-bond acceptors (Lipinski definition) is 4. The smallest absolute Gasteiger partial charge is 0.319 e. The minimum Gasteiger partial charge on any atom is -0.319 e. The van der Waals surface area contributed by atoms with Gasteiger partial charge in [-0.1, -0.05) is 58.2 Å². The number of carbonyl (C=O) groups excluding carboxylic acids is 1. The number of rotatable bonds is 2. The van der Waals surface area contributed by atoms with Gasteiger partial charge in [-0.2, -0.15) is 0 Å². The van der Waals surface area contributed by atoms with E-state index in [1.54, 1.807) is 18.0 Å². The third-order valence-electron chi connectivity index (χ3n) is 2.87. The van der Waals surface area contributed by atoms with Crippen molar-refractivity contribution in [2.75, 3.05) is 0 Å². The Morgan fingerprint density at radius 1 is 1.20 bits per heavy atom. The number of nitrogens with zero attached hydrogens (tertiary/aromatic N) is 1. The van der Waals surface area contributed by atoms with Crippen molar-refractivity contribution in [1.29, 1.82) is 0 Å². The van der Waals surface area contributed by atoms with Gasteiger partial charge in [-0.05, 0) is 17.7 Å². The van der Waals surface area contributed by atoms with Crippen LogP contribution in [0, 0.1) is 0 Å². The van der Waals surface area contributed by atoms with Crippen molar-refractivity contribution in [3.05, 3.63) is 48.0 Å². The summed E-state index contributed by atoms with van der Waals surface area (Å²) in [6.07, 6.45) is 1.54. The standard InChI is InChI=1S/C15H11BNO2S/c1-10(18)19-17-9-11-6-7-15-13(8-11)16-12-4-2-3-5-14(12)20-15/h2-9H,1H3. The Bertz CT molecular complexity index is 700. The maximum absolute atomic E-state index is 10.7. The Balaban J connectivity index is 1.84. The fourth-order valence-corrected chi connectivity index (χ4v) is 2.99. The molecule has 1 heterocycles. The van der Waals surface area contributed by atoms with E-state index in [2.05, 4.69) is 35.5 Å². The van der Waals surface area contributed by atoms with Crippen molar-refractivity contribution in [1.82, 2.24) is 0 Å². The van der Waals surface area contributed by atoms with Gasteiger partial charge in [0, 0.05) is 16.7 Å². The number of hydrogen-bond donors (Lipinski definition) is 0. The molecule has 0 saturated carbocycles. The zero-order valence-electron chi connectivity index (χ0n) is 10.9. The maximum Gasteiger partial charge on any atom is 0.331 e. The molecule has 2 aromatic carbocycles. The van der Waals surface area contributed by atoms with Crippen molar-refractivity contribution in [3.8, 4) is 0 Å². The summed E-state index contributed by atoms with van der Waals surface area (Å²) in [4.78, 5) is 17.7. The van der Waals surface area contributed by atoms with Gasteiger partial charge in [0.25, 0.3) is 0 Å². The largest absolute Gasteiger partial charge is 0.331 e. The first-order valence-corrected chi connectivity index (χ1v) is 7.01. The highest BCUT2D eigenvalue weighted by atomic mass is 32.2. The van der Waals surface area contributed by atoms with Gasteiger partial charge < -0.3 is 4.84 Å². The molecule has 0 aliphatic carbocycles. The van der Waals surface area contributed by atoms with E-state index in [1.807, 2.05) is 24.3 Å².